The van der Waals surface area contributed by atoms with E-state index in [0.717, 1.165) is 29.9 Å². The number of aryl methyl sites for hydroxylation is 1. The number of hydrogen-bond acceptors (Lipinski definition) is 3. The van der Waals surface area contributed by atoms with Crippen molar-refractivity contribution in [3.63, 3.8) is 0 Å². The predicted octanol–water partition coefficient (Wildman–Crippen LogP) is 3.88. The van der Waals surface area contributed by atoms with E-state index >= 15 is 0 Å². The van der Waals surface area contributed by atoms with Crippen molar-refractivity contribution in [1.29, 1.82) is 0 Å². The number of nitrogens with zero attached hydrogens (tertiary/aromatic N) is 1. The Kier molecular flexibility index (Phi) is 5.90. The second-order valence-corrected chi connectivity index (χ2v) is 5.58. The lowest BCUT2D eigenvalue weighted by Crippen LogP contribution is -2.31. The van der Waals surface area contributed by atoms with Crippen LogP contribution in [0.3, 0.4) is 0 Å². The van der Waals surface area contributed by atoms with Gasteiger partial charge in [-0.05, 0) is 44.0 Å². The molecule has 0 saturated heterocycles. The first-order valence-electron chi connectivity index (χ1n) is 8.05. The lowest BCUT2D eigenvalue weighted by atomic mass is 10.0. The zero-order valence-corrected chi connectivity index (χ0v) is 13.9. The van der Waals surface area contributed by atoms with Gasteiger partial charge in [-0.2, -0.15) is 0 Å². The molecule has 1 amide bonds. The van der Waals surface area contributed by atoms with Crippen molar-refractivity contribution in [2.75, 3.05) is 6.54 Å². The summed E-state index contributed by atoms with van der Waals surface area (Å²) in [5, 5.41) is 2.95. The van der Waals surface area contributed by atoms with E-state index in [1.807, 2.05) is 20.8 Å². The van der Waals surface area contributed by atoms with Gasteiger partial charge in [0.2, 0.25) is 11.8 Å². The molecule has 23 heavy (non-hydrogen) atoms. The Morgan fingerprint density at radius 1 is 1.26 bits per heavy atom. The number of nitrogens with one attached hydrogen (secondary N) is 1. The lowest BCUT2D eigenvalue weighted by molar-refractivity contribution is -0.125. The van der Waals surface area contributed by atoms with Crippen LogP contribution in [0.1, 0.15) is 38.1 Å². The van der Waals surface area contributed by atoms with E-state index in [-0.39, 0.29) is 17.6 Å². The third-order valence-electron chi connectivity index (χ3n) is 4.00. The van der Waals surface area contributed by atoms with Crippen LogP contribution in [0.25, 0.3) is 11.5 Å². The van der Waals surface area contributed by atoms with Gasteiger partial charge in [-0.25, -0.2) is 9.37 Å². The average molecular weight is 318 g/mol. The molecule has 0 aliphatic carbocycles. The molecule has 1 aromatic carbocycles. The number of amides is 1. The molecular weight excluding hydrogens is 295 g/mol. The maximum Gasteiger partial charge on any atom is 0.226 e. The van der Waals surface area contributed by atoms with Crippen LogP contribution in [-0.4, -0.2) is 17.4 Å². The molecule has 4 nitrogen and oxygen atoms in total. The molecule has 0 saturated carbocycles. The van der Waals surface area contributed by atoms with E-state index in [4.69, 9.17) is 4.42 Å². The van der Waals surface area contributed by atoms with Gasteiger partial charge in [0.1, 0.15) is 11.6 Å². The minimum atomic E-state index is -0.290. The highest BCUT2D eigenvalue weighted by molar-refractivity contribution is 5.78. The SMILES string of the molecule is CCC(CC)C(=O)NCCc1nc(-c2ccc(F)cc2)oc1C. The monoisotopic (exact) mass is 318 g/mol. The fourth-order valence-corrected chi connectivity index (χ4v) is 2.48. The van der Waals surface area contributed by atoms with Crippen LogP contribution >= 0.6 is 0 Å². The van der Waals surface area contributed by atoms with Crippen LogP contribution in [0.5, 0.6) is 0 Å². The summed E-state index contributed by atoms with van der Waals surface area (Å²) in [5.74, 6) is 1.07. The number of oxazole rings is 1. The van der Waals surface area contributed by atoms with Gasteiger partial charge in [0.25, 0.3) is 0 Å². The summed E-state index contributed by atoms with van der Waals surface area (Å²) in [6.07, 6.45) is 2.31. The maximum atomic E-state index is 13.0. The molecule has 124 valence electrons. The number of carbonyl (C=O) groups excluding carboxylic acids is 1. The first kappa shape index (κ1) is 17.2. The van der Waals surface area contributed by atoms with E-state index < -0.39 is 0 Å². The summed E-state index contributed by atoms with van der Waals surface area (Å²) >= 11 is 0. The third-order valence-corrected chi connectivity index (χ3v) is 4.00. The molecule has 1 N–H and O–H groups in total. The van der Waals surface area contributed by atoms with Crippen LogP contribution in [0, 0.1) is 18.7 Å². The molecule has 0 aliphatic heterocycles. The summed E-state index contributed by atoms with van der Waals surface area (Å²) < 4.78 is 18.6. The number of halogens is 1. The third kappa shape index (κ3) is 4.41. The van der Waals surface area contributed by atoms with Crippen molar-refractivity contribution < 1.29 is 13.6 Å². The molecule has 0 unspecified atom stereocenters. The number of benzene rings is 1. The molecule has 0 atom stereocenters. The summed E-state index contributed by atoms with van der Waals surface area (Å²) in [5.41, 5.74) is 1.55. The predicted molar refractivity (Wildman–Crippen MR) is 87.4 cm³/mol. The van der Waals surface area contributed by atoms with Gasteiger partial charge in [-0.15, -0.1) is 0 Å². The van der Waals surface area contributed by atoms with Gasteiger partial charge in [0.15, 0.2) is 0 Å². The fourth-order valence-electron chi connectivity index (χ4n) is 2.48. The van der Waals surface area contributed by atoms with E-state index in [1.54, 1.807) is 12.1 Å². The quantitative estimate of drug-likeness (QED) is 0.843. The lowest BCUT2D eigenvalue weighted by Gasteiger charge is -2.12. The molecule has 2 rings (SSSR count). The second-order valence-electron chi connectivity index (χ2n) is 5.58. The molecule has 0 radical (unpaired) electrons. The molecule has 0 aliphatic rings. The van der Waals surface area contributed by atoms with Crippen LogP contribution in [0.15, 0.2) is 28.7 Å². The summed E-state index contributed by atoms with van der Waals surface area (Å²) in [4.78, 5) is 16.4. The molecule has 0 bridgehead atoms. The van der Waals surface area contributed by atoms with Crippen molar-refractivity contribution in [1.82, 2.24) is 10.3 Å². The van der Waals surface area contributed by atoms with E-state index in [2.05, 4.69) is 10.3 Å². The van der Waals surface area contributed by atoms with Crippen LogP contribution in [0.4, 0.5) is 4.39 Å². The van der Waals surface area contributed by atoms with Gasteiger partial charge in [0, 0.05) is 24.4 Å². The highest BCUT2D eigenvalue weighted by atomic mass is 19.1. The van der Waals surface area contributed by atoms with Gasteiger partial charge in [0.05, 0.1) is 5.69 Å². The Labute approximate surface area is 136 Å². The largest absolute Gasteiger partial charge is 0.441 e. The summed E-state index contributed by atoms with van der Waals surface area (Å²) in [6.45, 7) is 6.42. The molecule has 0 fully saturated rings. The summed E-state index contributed by atoms with van der Waals surface area (Å²) in [7, 11) is 0. The Balaban J connectivity index is 1.96. The number of hydrogen-bond donors (Lipinski definition) is 1. The number of rotatable bonds is 7. The van der Waals surface area contributed by atoms with E-state index in [1.165, 1.54) is 12.1 Å². The Morgan fingerprint density at radius 3 is 2.52 bits per heavy atom. The van der Waals surface area contributed by atoms with Crippen LogP contribution in [-0.2, 0) is 11.2 Å². The molecule has 5 heteroatoms. The molecule has 1 aromatic heterocycles. The molecule has 1 heterocycles. The Bertz CT molecular complexity index is 646. The normalized spacial score (nSPS) is 11.0. The fraction of sp³-hybridized carbons (Fsp3) is 0.444. The van der Waals surface area contributed by atoms with Gasteiger partial charge < -0.3 is 9.73 Å². The van der Waals surface area contributed by atoms with Gasteiger partial charge in [-0.1, -0.05) is 13.8 Å². The zero-order chi connectivity index (χ0) is 16.8. The minimum absolute atomic E-state index is 0.0724. The first-order valence-corrected chi connectivity index (χ1v) is 8.05. The average Bonchev–Trinajstić information content (AvgIpc) is 2.90. The zero-order valence-electron chi connectivity index (χ0n) is 13.9. The number of aromatic nitrogens is 1. The number of carbonyl (C=O) groups is 1. The van der Waals surface area contributed by atoms with Gasteiger partial charge in [-0.3, -0.25) is 4.79 Å². The highest BCUT2D eigenvalue weighted by Crippen LogP contribution is 2.22. The molecular formula is C18H23FN2O2. The Hall–Kier alpha value is -2.17. The Morgan fingerprint density at radius 2 is 1.91 bits per heavy atom. The highest BCUT2D eigenvalue weighted by Gasteiger charge is 2.15. The minimum Gasteiger partial charge on any atom is -0.441 e. The molecule has 2 aromatic rings. The van der Waals surface area contributed by atoms with Crippen LogP contribution in [0.2, 0.25) is 0 Å². The van der Waals surface area contributed by atoms with Crippen molar-refractivity contribution in [3.05, 3.63) is 41.5 Å². The van der Waals surface area contributed by atoms with Crippen molar-refractivity contribution >= 4 is 5.91 Å². The van der Waals surface area contributed by atoms with Crippen molar-refractivity contribution in [2.45, 2.75) is 40.0 Å². The second kappa shape index (κ2) is 7.90. The van der Waals surface area contributed by atoms with E-state index in [0.29, 0.717) is 18.9 Å². The topological polar surface area (TPSA) is 55.1 Å². The van der Waals surface area contributed by atoms with E-state index in [9.17, 15) is 9.18 Å². The van der Waals surface area contributed by atoms with Gasteiger partial charge >= 0.3 is 0 Å². The standard InChI is InChI=1S/C18H23FN2O2/c1-4-13(5-2)17(22)20-11-10-16-12(3)23-18(21-16)14-6-8-15(19)9-7-14/h6-9,13H,4-5,10-11H2,1-3H3,(H,20,22). The first-order chi connectivity index (χ1) is 11.0. The summed E-state index contributed by atoms with van der Waals surface area (Å²) in [6, 6.07) is 6.04. The van der Waals surface area contributed by atoms with Crippen LogP contribution < -0.4 is 5.32 Å². The molecule has 0 spiro atoms. The smallest absolute Gasteiger partial charge is 0.226 e. The maximum absolute atomic E-state index is 13.0. The van der Waals surface area contributed by atoms with Crippen molar-refractivity contribution in [3.8, 4) is 11.5 Å². The van der Waals surface area contributed by atoms with Crippen molar-refractivity contribution in [2.24, 2.45) is 5.92 Å².